The van der Waals surface area contributed by atoms with Crippen molar-refractivity contribution in [1.82, 2.24) is 9.97 Å². The molecule has 0 amide bonds. The summed E-state index contributed by atoms with van der Waals surface area (Å²) < 4.78 is 14.0. The van der Waals surface area contributed by atoms with Crippen LogP contribution >= 0.6 is 0 Å². The summed E-state index contributed by atoms with van der Waals surface area (Å²) in [6.07, 6.45) is 4.08. The molecule has 0 spiro atoms. The number of carbonyl (C=O) groups excluding carboxylic acids is 1. The van der Waals surface area contributed by atoms with Crippen molar-refractivity contribution >= 4 is 17.9 Å². The first kappa shape index (κ1) is 13.5. The molecule has 1 aromatic carbocycles. The van der Waals surface area contributed by atoms with E-state index in [9.17, 15) is 9.18 Å². The van der Waals surface area contributed by atoms with Gasteiger partial charge in [0.2, 0.25) is 5.95 Å². The zero-order chi connectivity index (χ0) is 14.7. The lowest BCUT2D eigenvalue weighted by Crippen LogP contribution is -2.47. The summed E-state index contributed by atoms with van der Waals surface area (Å²) in [5, 5.41) is 0. The van der Waals surface area contributed by atoms with E-state index in [4.69, 9.17) is 0 Å². The predicted molar refractivity (Wildman–Crippen MR) is 78.2 cm³/mol. The Bertz CT molecular complexity index is 627. The number of rotatable bonds is 3. The average Bonchev–Trinajstić information content (AvgIpc) is 2.56. The van der Waals surface area contributed by atoms with Gasteiger partial charge in [0.1, 0.15) is 12.1 Å². The molecule has 0 unspecified atom stereocenters. The van der Waals surface area contributed by atoms with Gasteiger partial charge in [0.25, 0.3) is 0 Å². The van der Waals surface area contributed by atoms with Crippen LogP contribution in [0.25, 0.3) is 0 Å². The molecule has 3 rings (SSSR count). The number of hydrogen-bond donors (Lipinski definition) is 0. The van der Waals surface area contributed by atoms with Crippen LogP contribution in [0.4, 0.5) is 16.0 Å². The van der Waals surface area contributed by atoms with Crippen molar-refractivity contribution < 1.29 is 9.18 Å². The number of aromatic nitrogens is 2. The van der Waals surface area contributed by atoms with Gasteiger partial charge in [-0.2, -0.15) is 0 Å². The van der Waals surface area contributed by atoms with Crippen molar-refractivity contribution in [3.8, 4) is 0 Å². The third-order valence-electron chi connectivity index (χ3n) is 3.56. The van der Waals surface area contributed by atoms with Crippen molar-refractivity contribution in [2.75, 3.05) is 36.0 Å². The van der Waals surface area contributed by atoms with Crippen molar-refractivity contribution in [1.29, 1.82) is 0 Å². The molecule has 1 aromatic heterocycles. The van der Waals surface area contributed by atoms with Crippen LogP contribution in [0, 0.1) is 5.82 Å². The molecule has 1 aliphatic rings. The van der Waals surface area contributed by atoms with Crippen LogP contribution in [0.2, 0.25) is 0 Å². The van der Waals surface area contributed by atoms with Crippen LogP contribution < -0.4 is 9.80 Å². The highest BCUT2D eigenvalue weighted by atomic mass is 19.1. The first-order valence-corrected chi connectivity index (χ1v) is 6.79. The van der Waals surface area contributed by atoms with Crippen molar-refractivity contribution in [2.45, 2.75) is 0 Å². The van der Waals surface area contributed by atoms with Crippen molar-refractivity contribution in [3.05, 3.63) is 48.0 Å². The number of hydrogen-bond acceptors (Lipinski definition) is 5. The molecule has 108 valence electrons. The fourth-order valence-electron chi connectivity index (χ4n) is 2.45. The van der Waals surface area contributed by atoms with Gasteiger partial charge in [0, 0.05) is 44.1 Å². The molecule has 21 heavy (non-hydrogen) atoms. The van der Waals surface area contributed by atoms with E-state index in [2.05, 4.69) is 14.9 Å². The van der Waals surface area contributed by atoms with E-state index in [1.165, 1.54) is 6.07 Å². The maximum atomic E-state index is 14.0. The summed E-state index contributed by atoms with van der Waals surface area (Å²) in [6.45, 7) is 2.85. The molecule has 6 heteroatoms. The first-order valence-electron chi connectivity index (χ1n) is 6.79. The lowest BCUT2D eigenvalue weighted by Gasteiger charge is -2.36. The minimum absolute atomic E-state index is 0.354. The second kappa shape index (κ2) is 5.87. The highest BCUT2D eigenvalue weighted by Gasteiger charge is 2.20. The molecule has 0 radical (unpaired) electrons. The Labute approximate surface area is 122 Å². The van der Waals surface area contributed by atoms with E-state index in [0.29, 0.717) is 36.6 Å². The van der Waals surface area contributed by atoms with E-state index in [1.807, 2.05) is 4.90 Å². The van der Waals surface area contributed by atoms with E-state index in [-0.39, 0.29) is 5.82 Å². The summed E-state index contributed by atoms with van der Waals surface area (Å²) in [4.78, 5) is 23.1. The van der Waals surface area contributed by atoms with E-state index in [1.54, 1.807) is 30.6 Å². The molecule has 0 N–H and O–H groups in total. The van der Waals surface area contributed by atoms with Gasteiger partial charge in [-0.1, -0.05) is 0 Å². The second-order valence-electron chi connectivity index (χ2n) is 4.85. The topological polar surface area (TPSA) is 49.3 Å². The highest BCUT2D eigenvalue weighted by Crippen LogP contribution is 2.22. The molecule has 1 aliphatic heterocycles. The van der Waals surface area contributed by atoms with E-state index >= 15 is 0 Å². The summed E-state index contributed by atoms with van der Waals surface area (Å²) >= 11 is 0. The van der Waals surface area contributed by atoms with Gasteiger partial charge >= 0.3 is 0 Å². The number of carbonyl (C=O) groups is 1. The molecule has 0 saturated carbocycles. The average molecular weight is 286 g/mol. The summed E-state index contributed by atoms with van der Waals surface area (Å²) in [7, 11) is 0. The fourth-order valence-corrected chi connectivity index (χ4v) is 2.45. The standard InChI is InChI=1S/C15H15FN4O/c16-13-10-12(11-21)2-3-14(13)19-6-8-20(9-7-19)15-17-4-1-5-18-15/h1-5,10-11H,6-9H2. The van der Waals surface area contributed by atoms with Crippen LogP contribution in [-0.2, 0) is 0 Å². The maximum absolute atomic E-state index is 14.0. The Morgan fingerprint density at radius 1 is 1.05 bits per heavy atom. The van der Waals surface area contributed by atoms with Gasteiger partial charge in [-0.25, -0.2) is 14.4 Å². The molecule has 0 bridgehead atoms. The van der Waals surface area contributed by atoms with Crippen LogP contribution in [0.15, 0.2) is 36.7 Å². The molecule has 2 heterocycles. The van der Waals surface area contributed by atoms with Crippen LogP contribution in [0.5, 0.6) is 0 Å². The van der Waals surface area contributed by atoms with Crippen LogP contribution in [0.3, 0.4) is 0 Å². The number of nitrogens with zero attached hydrogens (tertiary/aromatic N) is 4. The summed E-state index contributed by atoms with van der Waals surface area (Å²) in [6, 6.07) is 6.35. The lowest BCUT2D eigenvalue weighted by atomic mass is 10.2. The van der Waals surface area contributed by atoms with Crippen molar-refractivity contribution in [2.24, 2.45) is 0 Å². The third-order valence-corrected chi connectivity index (χ3v) is 3.56. The van der Waals surface area contributed by atoms with E-state index in [0.717, 1.165) is 13.1 Å². The minimum atomic E-state index is -0.357. The molecular formula is C15H15FN4O. The zero-order valence-electron chi connectivity index (χ0n) is 11.4. The predicted octanol–water partition coefficient (Wildman–Crippen LogP) is 1.75. The van der Waals surface area contributed by atoms with Gasteiger partial charge in [0.15, 0.2) is 0 Å². The van der Waals surface area contributed by atoms with Crippen molar-refractivity contribution in [3.63, 3.8) is 0 Å². The monoisotopic (exact) mass is 286 g/mol. The highest BCUT2D eigenvalue weighted by molar-refractivity contribution is 5.76. The summed E-state index contributed by atoms with van der Waals surface area (Å²) in [5.41, 5.74) is 0.891. The minimum Gasteiger partial charge on any atom is -0.366 e. The normalized spacial score (nSPS) is 15.1. The molecule has 5 nitrogen and oxygen atoms in total. The lowest BCUT2D eigenvalue weighted by molar-refractivity contribution is 0.112. The summed E-state index contributed by atoms with van der Waals surface area (Å²) in [5.74, 6) is 0.345. The zero-order valence-corrected chi connectivity index (χ0v) is 11.4. The number of piperazine rings is 1. The number of aldehydes is 1. The number of anilines is 2. The molecule has 0 aliphatic carbocycles. The molecule has 1 fully saturated rings. The van der Waals surface area contributed by atoms with Gasteiger partial charge in [0.05, 0.1) is 5.69 Å². The Morgan fingerprint density at radius 3 is 2.33 bits per heavy atom. The SMILES string of the molecule is O=Cc1ccc(N2CCN(c3ncccn3)CC2)c(F)c1. The largest absolute Gasteiger partial charge is 0.366 e. The smallest absolute Gasteiger partial charge is 0.225 e. The third kappa shape index (κ3) is 2.84. The van der Waals surface area contributed by atoms with Gasteiger partial charge in [-0.15, -0.1) is 0 Å². The molecule has 0 atom stereocenters. The first-order chi connectivity index (χ1) is 10.3. The Hall–Kier alpha value is -2.50. The second-order valence-corrected chi connectivity index (χ2v) is 4.85. The van der Waals surface area contributed by atoms with Gasteiger partial charge < -0.3 is 9.80 Å². The number of halogens is 1. The molecule has 1 saturated heterocycles. The van der Waals surface area contributed by atoms with Crippen LogP contribution in [0.1, 0.15) is 10.4 Å². The van der Waals surface area contributed by atoms with Gasteiger partial charge in [-0.05, 0) is 24.3 Å². The quantitative estimate of drug-likeness (QED) is 0.805. The van der Waals surface area contributed by atoms with Crippen LogP contribution in [-0.4, -0.2) is 42.4 Å². The Balaban J connectivity index is 1.70. The Kier molecular flexibility index (Phi) is 3.77. The molecule has 2 aromatic rings. The van der Waals surface area contributed by atoms with Gasteiger partial charge in [-0.3, -0.25) is 4.79 Å². The maximum Gasteiger partial charge on any atom is 0.225 e. The van der Waals surface area contributed by atoms with E-state index < -0.39 is 0 Å². The number of benzene rings is 1. The Morgan fingerprint density at radius 2 is 1.71 bits per heavy atom. The molecular weight excluding hydrogens is 271 g/mol. The fraction of sp³-hybridized carbons (Fsp3) is 0.267.